The molecule has 4 nitrogen and oxygen atoms in total. The van der Waals surface area contributed by atoms with E-state index >= 15 is 0 Å². The third kappa shape index (κ3) is 2.19. The number of hydrogen-bond donors (Lipinski definition) is 1. The Hall–Kier alpha value is -1.85. The van der Waals surface area contributed by atoms with Gasteiger partial charge in [0, 0.05) is 30.7 Å². The minimum absolute atomic E-state index is 0.623. The molecular formula is C15H18N4S. The number of thiazole rings is 1. The lowest BCUT2D eigenvalue weighted by atomic mass is 10.2. The lowest BCUT2D eigenvalue weighted by molar-refractivity contribution is 0.902. The van der Waals surface area contributed by atoms with E-state index < -0.39 is 0 Å². The van der Waals surface area contributed by atoms with Gasteiger partial charge in [0.25, 0.3) is 0 Å². The van der Waals surface area contributed by atoms with Crippen LogP contribution >= 0.6 is 11.3 Å². The van der Waals surface area contributed by atoms with Crippen LogP contribution in [0.15, 0.2) is 35.8 Å². The van der Waals surface area contributed by atoms with Crippen LogP contribution < -0.4 is 10.6 Å². The van der Waals surface area contributed by atoms with Crippen LogP contribution in [0.3, 0.4) is 0 Å². The van der Waals surface area contributed by atoms with E-state index in [1.165, 1.54) is 11.3 Å². The predicted molar refractivity (Wildman–Crippen MR) is 85.1 cm³/mol. The van der Waals surface area contributed by atoms with Crippen molar-refractivity contribution >= 4 is 27.8 Å². The summed E-state index contributed by atoms with van der Waals surface area (Å²) < 4.78 is 2.14. The summed E-state index contributed by atoms with van der Waals surface area (Å²) in [5.74, 6) is 0.993. The van der Waals surface area contributed by atoms with Crippen molar-refractivity contribution in [1.82, 2.24) is 9.38 Å². The third-order valence-corrected chi connectivity index (χ3v) is 4.18. The van der Waals surface area contributed by atoms with E-state index in [2.05, 4.69) is 59.1 Å². The maximum absolute atomic E-state index is 5.76. The van der Waals surface area contributed by atoms with E-state index in [9.17, 15) is 0 Å². The fraction of sp³-hybridized carbons (Fsp3) is 0.267. The molecule has 0 bridgehead atoms. The predicted octanol–water partition coefficient (Wildman–Crippen LogP) is 2.97. The molecule has 3 aromatic rings. The van der Waals surface area contributed by atoms with Gasteiger partial charge in [-0.15, -0.1) is 11.3 Å². The van der Waals surface area contributed by atoms with Crippen molar-refractivity contribution in [2.45, 2.75) is 13.3 Å². The Bertz CT molecular complexity index is 728. The summed E-state index contributed by atoms with van der Waals surface area (Å²) in [5, 5.41) is 2.05. The first-order valence-corrected chi connectivity index (χ1v) is 7.53. The van der Waals surface area contributed by atoms with Gasteiger partial charge in [-0.2, -0.15) is 0 Å². The van der Waals surface area contributed by atoms with Crippen molar-refractivity contribution in [3.8, 4) is 0 Å². The Balaban J connectivity index is 2.08. The van der Waals surface area contributed by atoms with Crippen molar-refractivity contribution in [3.05, 3.63) is 47.1 Å². The summed E-state index contributed by atoms with van der Waals surface area (Å²) in [6.07, 6.45) is 2.88. The molecule has 0 unspecified atom stereocenters. The average Bonchev–Trinajstić information content (AvgIpc) is 3.01. The molecule has 104 valence electrons. The quantitative estimate of drug-likeness (QED) is 0.802. The Morgan fingerprint density at radius 3 is 3.00 bits per heavy atom. The molecule has 2 aromatic heterocycles. The topological polar surface area (TPSA) is 46.6 Å². The van der Waals surface area contributed by atoms with Crippen LogP contribution in [0.2, 0.25) is 0 Å². The molecule has 1 aromatic carbocycles. The molecule has 0 saturated carbocycles. The van der Waals surface area contributed by atoms with Crippen LogP contribution in [0.4, 0.5) is 11.5 Å². The van der Waals surface area contributed by atoms with E-state index in [0.29, 0.717) is 6.54 Å². The Morgan fingerprint density at radius 1 is 1.40 bits per heavy atom. The van der Waals surface area contributed by atoms with Crippen molar-refractivity contribution in [2.75, 3.05) is 18.5 Å². The first kappa shape index (κ1) is 13.1. The average molecular weight is 286 g/mol. The van der Waals surface area contributed by atoms with E-state index in [1.54, 1.807) is 11.3 Å². The molecule has 0 spiro atoms. The number of fused-ring (bicyclic) bond motifs is 1. The molecule has 0 aliphatic heterocycles. The maximum atomic E-state index is 5.76. The second-order valence-corrected chi connectivity index (χ2v) is 5.75. The first-order valence-electron chi connectivity index (χ1n) is 6.65. The molecule has 0 aliphatic carbocycles. The maximum Gasteiger partial charge on any atom is 0.195 e. The molecule has 0 atom stereocenters. The molecule has 2 heterocycles. The molecule has 0 fully saturated rings. The number of anilines is 2. The highest BCUT2D eigenvalue weighted by Crippen LogP contribution is 2.29. The lowest BCUT2D eigenvalue weighted by Gasteiger charge is -2.19. The van der Waals surface area contributed by atoms with Crippen molar-refractivity contribution < 1.29 is 0 Å². The Labute approximate surface area is 122 Å². The normalized spacial score (nSPS) is 11.2. The highest BCUT2D eigenvalue weighted by molar-refractivity contribution is 7.15. The van der Waals surface area contributed by atoms with Gasteiger partial charge in [0.05, 0.1) is 5.69 Å². The zero-order chi connectivity index (χ0) is 14.1. The van der Waals surface area contributed by atoms with Gasteiger partial charge >= 0.3 is 0 Å². The summed E-state index contributed by atoms with van der Waals surface area (Å²) in [4.78, 5) is 7.90. The molecule has 3 rings (SSSR count). The number of rotatable bonds is 4. The SMILES string of the molecule is Cc1cccc(N(C)c2nc3sccn3c2CCN)c1. The third-order valence-electron chi connectivity index (χ3n) is 3.43. The van der Waals surface area contributed by atoms with E-state index in [0.717, 1.165) is 22.9 Å². The number of aromatic nitrogens is 2. The van der Waals surface area contributed by atoms with E-state index in [-0.39, 0.29) is 0 Å². The minimum Gasteiger partial charge on any atom is -0.330 e. The molecule has 0 aliphatic rings. The number of imidazole rings is 1. The van der Waals surface area contributed by atoms with E-state index in [4.69, 9.17) is 10.7 Å². The van der Waals surface area contributed by atoms with Crippen LogP contribution in [0.1, 0.15) is 11.3 Å². The number of nitrogens with zero attached hydrogens (tertiary/aromatic N) is 3. The van der Waals surface area contributed by atoms with Gasteiger partial charge in [-0.05, 0) is 31.2 Å². The van der Waals surface area contributed by atoms with Crippen molar-refractivity contribution in [3.63, 3.8) is 0 Å². The Kier molecular flexibility index (Phi) is 3.46. The molecule has 0 radical (unpaired) electrons. The van der Waals surface area contributed by atoms with Crippen LogP contribution in [0.25, 0.3) is 4.96 Å². The zero-order valence-corrected chi connectivity index (χ0v) is 12.5. The monoisotopic (exact) mass is 286 g/mol. The summed E-state index contributed by atoms with van der Waals surface area (Å²) in [6, 6.07) is 8.44. The highest BCUT2D eigenvalue weighted by Gasteiger charge is 2.17. The van der Waals surface area contributed by atoms with Crippen LogP contribution in [-0.2, 0) is 6.42 Å². The van der Waals surface area contributed by atoms with Gasteiger partial charge < -0.3 is 10.6 Å². The first-order chi connectivity index (χ1) is 9.70. The summed E-state index contributed by atoms with van der Waals surface area (Å²) in [5.41, 5.74) is 9.32. The smallest absolute Gasteiger partial charge is 0.195 e. The Morgan fingerprint density at radius 2 is 2.25 bits per heavy atom. The van der Waals surface area contributed by atoms with Gasteiger partial charge in [0.2, 0.25) is 0 Å². The fourth-order valence-electron chi connectivity index (χ4n) is 2.42. The van der Waals surface area contributed by atoms with Gasteiger partial charge in [-0.25, -0.2) is 4.98 Å². The number of hydrogen-bond acceptors (Lipinski definition) is 4. The van der Waals surface area contributed by atoms with Crippen LogP contribution in [0.5, 0.6) is 0 Å². The van der Waals surface area contributed by atoms with E-state index in [1.807, 2.05) is 0 Å². The molecule has 0 amide bonds. The highest BCUT2D eigenvalue weighted by atomic mass is 32.1. The van der Waals surface area contributed by atoms with Crippen molar-refractivity contribution in [1.29, 1.82) is 0 Å². The fourth-order valence-corrected chi connectivity index (χ4v) is 3.15. The second-order valence-electron chi connectivity index (χ2n) is 4.87. The number of benzene rings is 1. The van der Waals surface area contributed by atoms with Gasteiger partial charge in [0.1, 0.15) is 0 Å². The van der Waals surface area contributed by atoms with Crippen LogP contribution in [0, 0.1) is 6.92 Å². The van der Waals surface area contributed by atoms with Gasteiger partial charge in [0.15, 0.2) is 10.8 Å². The summed E-state index contributed by atoms with van der Waals surface area (Å²) >= 11 is 1.65. The lowest BCUT2D eigenvalue weighted by Crippen LogP contribution is -2.14. The second kappa shape index (κ2) is 5.26. The molecule has 0 saturated heterocycles. The molecule has 5 heteroatoms. The molecule has 2 N–H and O–H groups in total. The van der Waals surface area contributed by atoms with Crippen molar-refractivity contribution in [2.24, 2.45) is 5.73 Å². The number of nitrogens with two attached hydrogens (primary N) is 1. The standard InChI is InChI=1S/C15H18N4S/c1-11-4-3-5-12(10-11)18(2)14-13(6-7-16)19-8-9-20-15(19)17-14/h3-5,8-10H,6-7,16H2,1-2H3. The zero-order valence-electron chi connectivity index (χ0n) is 11.7. The minimum atomic E-state index is 0.623. The number of aryl methyl sites for hydroxylation is 1. The summed E-state index contributed by atoms with van der Waals surface area (Å²) in [6.45, 7) is 2.72. The molecule has 20 heavy (non-hydrogen) atoms. The summed E-state index contributed by atoms with van der Waals surface area (Å²) in [7, 11) is 2.06. The largest absolute Gasteiger partial charge is 0.330 e. The van der Waals surface area contributed by atoms with Crippen LogP contribution in [-0.4, -0.2) is 23.0 Å². The van der Waals surface area contributed by atoms with Gasteiger partial charge in [-0.1, -0.05) is 12.1 Å². The van der Waals surface area contributed by atoms with Gasteiger partial charge in [-0.3, -0.25) is 4.40 Å². The molecular weight excluding hydrogens is 268 g/mol.